The van der Waals surface area contributed by atoms with Crippen LogP contribution in [-0.2, 0) is 30.3 Å². The number of rotatable bonds is 17. The van der Waals surface area contributed by atoms with Crippen LogP contribution in [0, 0.1) is 24.7 Å². The Morgan fingerprint density at radius 3 is 2.24 bits per heavy atom. The summed E-state index contributed by atoms with van der Waals surface area (Å²) in [6.07, 6.45) is 1.74. The summed E-state index contributed by atoms with van der Waals surface area (Å²) in [4.78, 5) is 73.7. The van der Waals surface area contributed by atoms with Crippen LogP contribution in [0.4, 0.5) is 0 Å². The number of aliphatic carboxylic acids is 1. The third kappa shape index (κ3) is 11.1. The van der Waals surface area contributed by atoms with Crippen molar-refractivity contribution in [2.24, 2.45) is 17.8 Å². The molecule has 0 unspecified atom stereocenters. The number of carboxylic acid groups (broad SMARTS) is 1. The predicted molar refractivity (Wildman–Crippen MR) is 193 cm³/mol. The van der Waals surface area contributed by atoms with Crippen molar-refractivity contribution in [2.45, 2.75) is 111 Å². The van der Waals surface area contributed by atoms with Crippen LogP contribution in [0.25, 0.3) is 0 Å². The number of aromatic nitrogens is 1. The topological polar surface area (TPSA) is 158 Å². The molecule has 12 nitrogen and oxygen atoms in total. The third-order valence-corrected chi connectivity index (χ3v) is 10.5. The van der Waals surface area contributed by atoms with Gasteiger partial charge in [-0.25, -0.2) is 4.98 Å². The fourth-order valence-corrected chi connectivity index (χ4v) is 7.48. The molecule has 3 amide bonds. The maximum absolute atomic E-state index is 14.0. The molecule has 50 heavy (non-hydrogen) atoms. The van der Waals surface area contributed by atoms with E-state index in [0.29, 0.717) is 16.3 Å². The number of carboxylic acids is 1. The first-order valence-corrected chi connectivity index (χ1v) is 18.3. The van der Waals surface area contributed by atoms with E-state index in [1.54, 1.807) is 25.8 Å². The number of nitrogens with one attached hydrogen (secondary N) is 2. The third-order valence-electron chi connectivity index (χ3n) is 9.46. The van der Waals surface area contributed by atoms with Crippen molar-refractivity contribution >= 4 is 41.0 Å². The standard InChI is InChI=1S/C37H55N5O7S/c1-21(2)29(42(9)36(46)31(22(3)4)39-33(44)28-16-13-17-41(28)8)20-30(49-25(7)43)35-40-32(24(6)50-35)34(45)38-27(18-23(5)37(47)48)19-26-14-11-10-12-15-26/h10-12,14-15,21-23,27-31H,13,16-20H2,1-9H3,(H,38,45)(H,39,44)(H,47,48)/t23-,27+,28+,29+,30+,31-/m0/s1. The van der Waals surface area contributed by atoms with Crippen LogP contribution in [0.2, 0.25) is 0 Å². The van der Waals surface area contributed by atoms with Crippen molar-refractivity contribution in [1.82, 2.24) is 25.4 Å². The molecule has 1 fully saturated rings. The molecule has 0 saturated carbocycles. The van der Waals surface area contributed by atoms with Gasteiger partial charge in [-0.15, -0.1) is 11.3 Å². The van der Waals surface area contributed by atoms with Gasteiger partial charge in [0, 0.05) is 37.4 Å². The van der Waals surface area contributed by atoms with E-state index in [0.717, 1.165) is 24.9 Å². The number of hydrogen-bond acceptors (Lipinski definition) is 9. The van der Waals surface area contributed by atoms with Crippen molar-refractivity contribution in [3.63, 3.8) is 0 Å². The van der Waals surface area contributed by atoms with Gasteiger partial charge >= 0.3 is 11.9 Å². The lowest BCUT2D eigenvalue weighted by molar-refractivity contribution is -0.149. The number of carbonyl (C=O) groups is 5. The summed E-state index contributed by atoms with van der Waals surface area (Å²) in [7, 11) is 3.62. The molecule has 0 bridgehead atoms. The van der Waals surface area contributed by atoms with Crippen LogP contribution >= 0.6 is 11.3 Å². The molecule has 1 saturated heterocycles. The second-order valence-corrected chi connectivity index (χ2v) is 15.5. The zero-order valence-corrected chi connectivity index (χ0v) is 31.7. The van der Waals surface area contributed by atoms with E-state index < -0.39 is 48.0 Å². The SMILES string of the molecule is CC(=O)O[C@H](C[C@H](C(C)C)N(C)C(=O)[C@@H](NC(=O)[C@H]1CCCN1C)C(C)C)c1nc(C(=O)N[C@@H](Cc2ccccc2)C[C@H](C)C(=O)O)c(C)s1. The summed E-state index contributed by atoms with van der Waals surface area (Å²) >= 11 is 1.24. The van der Waals surface area contributed by atoms with Crippen LogP contribution < -0.4 is 10.6 Å². The molecule has 13 heteroatoms. The first-order chi connectivity index (χ1) is 23.5. The van der Waals surface area contributed by atoms with Gasteiger partial charge in [-0.3, -0.25) is 28.9 Å². The summed E-state index contributed by atoms with van der Waals surface area (Å²) in [5.41, 5.74) is 1.14. The van der Waals surface area contributed by atoms with E-state index in [2.05, 4.69) is 15.6 Å². The van der Waals surface area contributed by atoms with Crippen molar-refractivity contribution in [3.05, 3.63) is 51.5 Å². The fourth-order valence-electron chi connectivity index (χ4n) is 6.52. The number of aryl methyl sites for hydroxylation is 1. The fraction of sp³-hybridized carbons (Fsp3) is 0.622. The summed E-state index contributed by atoms with van der Waals surface area (Å²) in [6.45, 7) is 13.3. The molecule has 3 rings (SSSR count). The monoisotopic (exact) mass is 713 g/mol. The smallest absolute Gasteiger partial charge is 0.306 e. The van der Waals surface area contributed by atoms with E-state index in [4.69, 9.17) is 4.74 Å². The lowest BCUT2D eigenvalue weighted by Gasteiger charge is -2.37. The van der Waals surface area contributed by atoms with Gasteiger partial charge in [-0.2, -0.15) is 0 Å². The van der Waals surface area contributed by atoms with E-state index in [1.165, 1.54) is 18.3 Å². The normalized spacial score (nSPS) is 17.9. The molecule has 276 valence electrons. The zero-order chi connectivity index (χ0) is 37.3. The maximum atomic E-state index is 14.0. The zero-order valence-electron chi connectivity index (χ0n) is 30.9. The van der Waals surface area contributed by atoms with Crippen LogP contribution in [0.15, 0.2) is 30.3 Å². The Morgan fingerprint density at radius 2 is 1.70 bits per heavy atom. The molecular weight excluding hydrogens is 659 g/mol. The number of nitrogens with zero attached hydrogens (tertiary/aromatic N) is 3. The highest BCUT2D eigenvalue weighted by Gasteiger charge is 2.37. The highest BCUT2D eigenvalue weighted by Crippen LogP contribution is 2.33. The van der Waals surface area contributed by atoms with Crippen molar-refractivity contribution in [3.8, 4) is 0 Å². The van der Waals surface area contributed by atoms with E-state index in [-0.39, 0.29) is 48.2 Å². The Labute approximate surface area is 300 Å². The lowest BCUT2D eigenvalue weighted by atomic mass is 9.94. The van der Waals surface area contributed by atoms with Crippen LogP contribution in [0.5, 0.6) is 0 Å². The van der Waals surface area contributed by atoms with Gasteiger partial charge in [0.05, 0.1) is 12.0 Å². The van der Waals surface area contributed by atoms with Crippen LogP contribution in [0.1, 0.15) is 99.3 Å². The molecule has 1 aromatic heterocycles. The van der Waals surface area contributed by atoms with E-state index in [1.807, 2.05) is 70.0 Å². The van der Waals surface area contributed by atoms with Gasteiger partial charge in [-0.1, -0.05) is 65.0 Å². The van der Waals surface area contributed by atoms with E-state index in [9.17, 15) is 29.1 Å². The number of hydrogen-bond donors (Lipinski definition) is 3. The number of likely N-dealkylation sites (N-methyl/N-ethyl adjacent to an activating group) is 2. The average Bonchev–Trinajstić information content (AvgIpc) is 3.66. The molecule has 1 aliphatic rings. The molecule has 1 aromatic carbocycles. The summed E-state index contributed by atoms with van der Waals surface area (Å²) in [5.74, 6) is -3.19. The Morgan fingerprint density at radius 1 is 1.04 bits per heavy atom. The first kappa shape index (κ1) is 40.6. The van der Waals surface area contributed by atoms with Crippen LogP contribution in [-0.4, -0.2) is 94.4 Å². The summed E-state index contributed by atoms with van der Waals surface area (Å²) in [6, 6.07) is 7.68. The minimum atomic E-state index is -0.944. The Bertz CT molecular complexity index is 1480. The van der Waals surface area contributed by atoms with Gasteiger partial charge in [0.25, 0.3) is 5.91 Å². The number of esters is 1. The number of amides is 3. The van der Waals surface area contributed by atoms with Crippen molar-refractivity contribution in [1.29, 1.82) is 0 Å². The van der Waals surface area contributed by atoms with Crippen molar-refractivity contribution in [2.75, 3.05) is 20.6 Å². The maximum Gasteiger partial charge on any atom is 0.306 e. The quantitative estimate of drug-likeness (QED) is 0.199. The van der Waals surface area contributed by atoms with Gasteiger partial charge < -0.3 is 25.4 Å². The average molecular weight is 714 g/mol. The van der Waals surface area contributed by atoms with E-state index >= 15 is 0 Å². The summed E-state index contributed by atoms with van der Waals surface area (Å²) in [5, 5.41) is 16.0. The number of ether oxygens (including phenoxy) is 1. The molecule has 3 N–H and O–H groups in total. The largest absolute Gasteiger partial charge is 0.481 e. The molecule has 2 aromatic rings. The summed E-state index contributed by atoms with van der Waals surface area (Å²) < 4.78 is 5.78. The molecule has 1 aliphatic heterocycles. The highest BCUT2D eigenvalue weighted by molar-refractivity contribution is 7.12. The minimum absolute atomic E-state index is 0.0507. The highest BCUT2D eigenvalue weighted by atomic mass is 32.1. The molecular formula is C37H55N5O7S. The van der Waals surface area contributed by atoms with Crippen LogP contribution in [0.3, 0.4) is 0 Å². The second-order valence-electron chi connectivity index (χ2n) is 14.3. The molecule has 0 radical (unpaired) electrons. The van der Waals surface area contributed by atoms with Gasteiger partial charge in [0.1, 0.15) is 16.7 Å². The number of likely N-dealkylation sites (tertiary alicyclic amines) is 1. The number of benzene rings is 1. The Kier molecular flexibility index (Phi) is 14.9. The Hall–Kier alpha value is -3.84. The minimum Gasteiger partial charge on any atom is -0.481 e. The molecule has 0 aliphatic carbocycles. The number of thiazole rings is 1. The van der Waals surface area contributed by atoms with Gasteiger partial charge in [0.15, 0.2) is 6.10 Å². The van der Waals surface area contributed by atoms with Crippen molar-refractivity contribution < 1.29 is 33.8 Å². The first-order valence-electron chi connectivity index (χ1n) is 17.5. The van der Waals surface area contributed by atoms with Gasteiger partial charge in [-0.05, 0) is 63.6 Å². The van der Waals surface area contributed by atoms with Gasteiger partial charge in [0.2, 0.25) is 11.8 Å². The Balaban J connectivity index is 1.84. The predicted octanol–water partition coefficient (Wildman–Crippen LogP) is 4.62. The lowest BCUT2D eigenvalue weighted by Crippen LogP contribution is -2.56. The second kappa shape index (κ2) is 18.4. The molecule has 0 spiro atoms. The molecule has 2 heterocycles. The molecule has 6 atom stereocenters. The number of carbonyl (C=O) groups excluding carboxylic acids is 4.